The highest BCUT2D eigenvalue weighted by Crippen LogP contribution is 2.20. The molecule has 0 bridgehead atoms. The summed E-state index contributed by atoms with van der Waals surface area (Å²) in [5.41, 5.74) is 1.02. The summed E-state index contributed by atoms with van der Waals surface area (Å²) < 4.78 is 5.24. The van der Waals surface area contributed by atoms with Crippen LogP contribution in [0.3, 0.4) is 0 Å². The molecule has 0 amide bonds. The van der Waals surface area contributed by atoms with Gasteiger partial charge in [-0.25, -0.2) is 0 Å². The number of morpholine rings is 1. The second-order valence-corrected chi connectivity index (χ2v) is 3.05. The Hall–Kier alpha value is -1.22. The molecule has 0 saturated carbocycles. The zero-order chi connectivity index (χ0) is 9.10. The van der Waals surface area contributed by atoms with Gasteiger partial charge in [-0.15, -0.1) is 0 Å². The number of nitrogens with zero attached hydrogens (tertiary/aromatic N) is 1. The zero-order valence-electron chi connectivity index (χ0n) is 7.36. The fourth-order valence-electron chi connectivity index (χ4n) is 1.45. The summed E-state index contributed by atoms with van der Waals surface area (Å²) in [7, 11) is 0. The van der Waals surface area contributed by atoms with Gasteiger partial charge < -0.3 is 14.7 Å². The van der Waals surface area contributed by atoms with Gasteiger partial charge in [-0.05, 0) is 18.2 Å². The van der Waals surface area contributed by atoms with Crippen LogP contribution in [-0.4, -0.2) is 31.4 Å². The van der Waals surface area contributed by atoms with Gasteiger partial charge in [0.05, 0.1) is 13.2 Å². The summed E-state index contributed by atoms with van der Waals surface area (Å²) in [6, 6.07) is 8.09. The summed E-state index contributed by atoms with van der Waals surface area (Å²) in [6.07, 6.45) is 0. The third-order valence-electron chi connectivity index (χ3n) is 2.13. The van der Waals surface area contributed by atoms with Gasteiger partial charge in [0.15, 0.2) is 0 Å². The Morgan fingerprint density at radius 2 is 2.08 bits per heavy atom. The summed E-state index contributed by atoms with van der Waals surface area (Å²) >= 11 is 0. The smallest absolute Gasteiger partial charge is 0.118 e. The second-order valence-electron chi connectivity index (χ2n) is 3.05. The van der Waals surface area contributed by atoms with E-state index < -0.39 is 0 Å². The Bertz CT molecular complexity index is 282. The molecule has 1 aliphatic rings. The van der Waals surface area contributed by atoms with Crippen LogP contribution < -0.4 is 4.90 Å². The third kappa shape index (κ3) is 1.92. The van der Waals surface area contributed by atoms with E-state index in [1.807, 2.05) is 6.07 Å². The standard InChI is InChI=1S/C10H12NO2/c12-10-3-1-2-9(8-10)11-4-6-13-7-5-11/h2-3,8,12H,4-7H2. The fraction of sp³-hybridized carbons (Fsp3) is 0.400. The first kappa shape index (κ1) is 8.38. The normalized spacial score (nSPS) is 17.4. The first-order valence-corrected chi connectivity index (χ1v) is 4.39. The van der Waals surface area contributed by atoms with Gasteiger partial charge in [0.25, 0.3) is 0 Å². The zero-order valence-corrected chi connectivity index (χ0v) is 7.36. The monoisotopic (exact) mass is 178 g/mol. The molecule has 1 fully saturated rings. The van der Waals surface area contributed by atoms with E-state index in [1.54, 1.807) is 12.1 Å². The molecular formula is C10H12NO2. The molecule has 3 heteroatoms. The molecule has 0 unspecified atom stereocenters. The molecule has 1 saturated heterocycles. The molecule has 13 heavy (non-hydrogen) atoms. The number of phenols is 1. The van der Waals surface area contributed by atoms with Gasteiger partial charge in [-0.1, -0.05) is 0 Å². The maximum absolute atomic E-state index is 9.25. The van der Waals surface area contributed by atoms with Crippen molar-refractivity contribution < 1.29 is 9.84 Å². The van der Waals surface area contributed by atoms with Gasteiger partial charge in [0, 0.05) is 24.8 Å². The highest BCUT2D eigenvalue weighted by atomic mass is 16.5. The summed E-state index contributed by atoms with van der Waals surface area (Å²) in [5, 5.41) is 9.25. The Morgan fingerprint density at radius 1 is 1.31 bits per heavy atom. The van der Waals surface area contributed by atoms with Crippen molar-refractivity contribution in [2.75, 3.05) is 31.2 Å². The predicted octanol–water partition coefficient (Wildman–Crippen LogP) is 1.03. The van der Waals surface area contributed by atoms with E-state index in [9.17, 15) is 5.11 Å². The summed E-state index contributed by atoms with van der Waals surface area (Å²) in [4.78, 5) is 2.18. The van der Waals surface area contributed by atoms with Crippen LogP contribution in [-0.2, 0) is 4.74 Å². The largest absolute Gasteiger partial charge is 0.508 e. The Morgan fingerprint density at radius 3 is 2.77 bits per heavy atom. The number of hydrogen-bond acceptors (Lipinski definition) is 3. The van der Waals surface area contributed by atoms with E-state index in [4.69, 9.17) is 4.74 Å². The van der Waals surface area contributed by atoms with Crippen molar-refractivity contribution in [1.29, 1.82) is 0 Å². The summed E-state index contributed by atoms with van der Waals surface area (Å²) in [5.74, 6) is 0.268. The Labute approximate surface area is 77.6 Å². The first-order valence-electron chi connectivity index (χ1n) is 4.39. The lowest BCUT2D eigenvalue weighted by Gasteiger charge is -2.28. The average Bonchev–Trinajstić information content (AvgIpc) is 2.19. The van der Waals surface area contributed by atoms with Crippen LogP contribution in [0, 0.1) is 6.07 Å². The molecule has 1 N–H and O–H groups in total. The summed E-state index contributed by atoms with van der Waals surface area (Å²) in [6.45, 7) is 3.29. The molecule has 1 heterocycles. The maximum Gasteiger partial charge on any atom is 0.118 e. The first-order chi connectivity index (χ1) is 6.36. The van der Waals surface area contributed by atoms with E-state index in [2.05, 4.69) is 11.0 Å². The number of ether oxygens (including phenoxy) is 1. The lowest BCUT2D eigenvalue weighted by molar-refractivity contribution is 0.122. The van der Waals surface area contributed by atoms with Crippen molar-refractivity contribution in [3.8, 4) is 5.75 Å². The van der Waals surface area contributed by atoms with Crippen molar-refractivity contribution in [2.24, 2.45) is 0 Å². The number of hydrogen-bond donors (Lipinski definition) is 1. The van der Waals surface area contributed by atoms with Crippen molar-refractivity contribution in [1.82, 2.24) is 0 Å². The number of benzene rings is 1. The fourth-order valence-corrected chi connectivity index (χ4v) is 1.45. The number of aromatic hydroxyl groups is 1. The predicted molar refractivity (Wildman–Crippen MR) is 50.0 cm³/mol. The Kier molecular flexibility index (Phi) is 2.36. The van der Waals surface area contributed by atoms with Gasteiger partial charge >= 0.3 is 0 Å². The molecule has 1 radical (unpaired) electrons. The van der Waals surface area contributed by atoms with Crippen molar-refractivity contribution >= 4 is 5.69 Å². The van der Waals surface area contributed by atoms with Crippen LogP contribution in [0.1, 0.15) is 0 Å². The Balaban J connectivity index is 2.14. The van der Waals surface area contributed by atoms with Crippen LogP contribution in [0.25, 0.3) is 0 Å². The highest BCUT2D eigenvalue weighted by molar-refractivity contribution is 5.50. The van der Waals surface area contributed by atoms with Crippen molar-refractivity contribution in [2.45, 2.75) is 0 Å². The minimum absolute atomic E-state index is 0.268. The van der Waals surface area contributed by atoms with Crippen LogP contribution in [0.5, 0.6) is 5.75 Å². The topological polar surface area (TPSA) is 32.7 Å². The van der Waals surface area contributed by atoms with Gasteiger partial charge in [0.1, 0.15) is 5.75 Å². The van der Waals surface area contributed by atoms with Crippen molar-refractivity contribution in [3.63, 3.8) is 0 Å². The van der Waals surface area contributed by atoms with Crippen LogP contribution in [0.15, 0.2) is 18.2 Å². The number of phenolic OH excluding ortho intramolecular Hbond substituents is 1. The molecule has 0 atom stereocenters. The van der Waals surface area contributed by atoms with E-state index in [0.29, 0.717) is 0 Å². The third-order valence-corrected chi connectivity index (χ3v) is 2.13. The molecule has 3 nitrogen and oxygen atoms in total. The highest BCUT2D eigenvalue weighted by Gasteiger charge is 2.10. The van der Waals surface area contributed by atoms with E-state index in [-0.39, 0.29) is 5.75 Å². The molecular weight excluding hydrogens is 166 g/mol. The molecule has 1 aromatic rings. The molecule has 2 rings (SSSR count). The molecule has 0 aliphatic carbocycles. The lowest BCUT2D eigenvalue weighted by atomic mass is 10.2. The molecule has 1 aromatic carbocycles. The maximum atomic E-state index is 9.25. The van der Waals surface area contributed by atoms with E-state index in [0.717, 1.165) is 32.0 Å². The van der Waals surface area contributed by atoms with Crippen molar-refractivity contribution in [3.05, 3.63) is 24.3 Å². The lowest BCUT2D eigenvalue weighted by Crippen LogP contribution is -2.36. The van der Waals surface area contributed by atoms with Crippen LogP contribution in [0.4, 0.5) is 5.69 Å². The van der Waals surface area contributed by atoms with Crippen LogP contribution in [0.2, 0.25) is 0 Å². The number of rotatable bonds is 1. The molecule has 69 valence electrons. The SMILES string of the molecule is Oc1c[c]cc(N2CCOCC2)c1. The van der Waals surface area contributed by atoms with Gasteiger partial charge in [-0.3, -0.25) is 0 Å². The molecule has 1 aliphatic heterocycles. The quantitative estimate of drug-likeness (QED) is 0.697. The minimum atomic E-state index is 0.268. The second kappa shape index (κ2) is 3.66. The van der Waals surface area contributed by atoms with E-state index in [1.165, 1.54) is 0 Å². The molecule has 0 spiro atoms. The number of anilines is 1. The minimum Gasteiger partial charge on any atom is -0.508 e. The van der Waals surface area contributed by atoms with Crippen LogP contribution >= 0.6 is 0 Å². The van der Waals surface area contributed by atoms with Gasteiger partial charge in [-0.2, -0.15) is 0 Å². The van der Waals surface area contributed by atoms with Gasteiger partial charge in [0.2, 0.25) is 0 Å². The molecule has 0 aromatic heterocycles. The average molecular weight is 178 g/mol. The van der Waals surface area contributed by atoms with E-state index >= 15 is 0 Å².